The zero-order valence-electron chi connectivity index (χ0n) is 16.0. The molecule has 0 spiro atoms. The van der Waals surface area contributed by atoms with Crippen molar-refractivity contribution >= 4 is 23.6 Å². The molecule has 8 heteroatoms. The summed E-state index contributed by atoms with van der Waals surface area (Å²) < 4.78 is 6.52. The summed E-state index contributed by atoms with van der Waals surface area (Å²) in [5, 5.41) is 14.1. The van der Waals surface area contributed by atoms with Crippen molar-refractivity contribution in [1.29, 1.82) is 0 Å². The topological polar surface area (TPSA) is 99.0 Å². The average molecular weight is 383 g/mol. The van der Waals surface area contributed by atoms with E-state index in [0.717, 1.165) is 18.4 Å². The van der Waals surface area contributed by atoms with Crippen LogP contribution in [-0.2, 0) is 14.3 Å². The first-order valence-electron chi connectivity index (χ1n) is 9.59. The molecule has 2 aromatic rings. The van der Waals surface area contributed by atoms with Crippen molar-refractivity contribution in [3.05, 3.63) is 41.7 Å². The molecule has 1 heterocycles. The Labute approximate surface area is 164 Å². The largest absolute Gasteiger partial charge is 0.451 e. The lowest BCUT2D eigenvalue weighted by atomic mass is 9.89. The Morgan fingerprint density at radius 3 is 2.64 bits per heavy atom. The van der Waals surface area contributed by atoms with Crippen molar-refractivity contribution in [2.45, 2.75) is 39.0 Å². The molecule has 0 aliphatic heterocycles. The third-order valence-corrected chi connectivity index (χ3v) is 4.81. The number of tetrazole rings is 1. The summed E-state index contributed by atoms with van der Waals surface area (Å²) >= 11 is 0. The average Bonchev–Trinajstić information content (AvgIpc) is 3.15. The zero-order valence-corrected chi connectivity index (χ0v) is 16.0. The summed E-state index contributed by atoms with van der Waals surface area (Å²) in [4.78, 5) is 24.7. The van der Waals surface area contributed by atoms with Gasteiger partial charge in [-0.25, -0.2) is 4.79 Å². The molecule has 1 aromatic carbocycles. The molecule has 3 rings (SSSR count). The van der Waals surface area contributed by atoms with Crippen LogP contribution in [0.3, 0.4) is 0 Å². The number of nitrogens with zero attached hydrogens (tertiary/aromatic N) is 4. The Balaban J connectivity index is 1.61. The maximum absolute atomic E-state index is 12.6. The van der Waals surface area contributed by atoms with Crippen LogP contribution in [0.25, 0.3) is 11.8 Å². The summed E-state index contributed by atoms with van der Waals surface area (Å²) in [6.45, 7) is 1.98. The van der Waals surface area contributed by atoms with Crippen molar-refractivity contribution in [1.82, 2.24) is 25.5 Å². The van der Waals surface area contributed by atoms with E-state index in [9.17, 15) is 9.59 Å². The minimum atomic E-state index is -0.660. The monoisotopic (exact) mass is 383 g/mol. The van der Waals surface area contributed by atoms with Gasteiger partial charge in [-0.1, -0.05) is 49.6 Å². The lowest BCUT2D eigenvalue weighted by molar-refractivity contribution is -0.143. The number of hydrogen-bond donors (Lipinski definition) is 1. The van der Waals surface area contributed by atoms with Crippen LogP contribution in [-0.4, -0.2) is 45.2 Å². The van der Waals surface area contributed by atoms with Crippen molar-refractivity contribution in [2.75, 3.05) is 13.2 Å². The number of amides is 1. The normalized spacial score (nSPS) is 15.2. The zero-order chi connectivity index (χ0) is 19.8. The van der Waals surface area contributed by atoms with Crippen LogP contribution in [0.1, 0.15) is 43.5 Å². The first-order chi connectivity index (χ1) is 13.6. The molecule has 1 saturated carbocycles. The molecular weight excluding hydrogens is 358 g/mol. The highest BCUT2D eigenvalue weighted by Gasteiger charge is 2.20. The van der Waals surface area contributed by atoms with Crippen LogP contribution in [0.15, 0.2) is 30.3 Å². The smallest absolute Gasteiger partial charge is 0.357 e. The highest BCUT2D eigenvalue weighted by atomic mass is 16.5. The number of ether oxygens (including phenoxy) is 1. The fourth-order valence-electron chi connectivity index (χ4n) is 3.27. The van der Waals surface area contributed by atoms with Gasteiger partial charge in [-0.3, -0.25) is 4.79 Å². The number of aryl methyl sites for hydroxylation is 1. The Kier molecular flexibility index (Phi) is 6.89. The number of carbonyl (C=O) groups excluding carboxylic acids is 2. The van der Waals surface area contributed by atoms with Gasteiger partial charge in [0.25, 0.3) is 5.91 Å². The standard InChI is InChI=1S/C20H25N5O3/c1-15-22-23-24-25(15)18(12-16-8-4-2-5-9-16)20(27)28-14-19(26)21-13-17-10-6-3-7-11-17/h2,4-5,8-9,12,17H,3,6-7,10-11,13-14H2,1H3,(H,21,26). The van der Waals surface area contributed by atoms with E-state index in [1.807, 2.05) is 30.3 Å². The van der Waals surface area contributed by atoms with Gasteiger partial charge in [-0.05, 0) is 47.7 Å². The Hall–Kier alpha value is -3.03. The van der Waals surface area contributed by atoms with Crippen LogP contribution in [0, 0.1) is 12.8 Å². The van der Waals surface area contributed by atoms with E-state index in [4.69, 9.17) is 4.74 Å². The maximum Gasteiger partial charge on any atom is 0.357 e. The third-order valence-electron chi connectivity index (χ3n) is 4.81. The van der Waals surface area contributed by atoms with Gasteiger partial charge in [0.05, 0.1) is 0 Å². The predicted octanol–water partition coefficient (Wildman–Crippen LogP) is 2.22. The van der Waals surface area contributed by atoms with E-state index in [1.54, 1.807) is 13.0 Å². The van der Waals surface area contributed by atoms with Crippen LogP contribution >= 0.6 is 0 Å². The van der Waals surface area contributed by atoms with Gasteiger partial charge in [-0.2, -0.15) is 4.68 Å². The molecule has 0 unspecified atom stereocenters. The van der Waals surface area contributed by atoms with Gasteiger partial charge in [0.2, 0.25) is 0 Å². The molecule has 1 aliphatic rings. The number of benzene rings is 1. The summed E-state index contributed by atoms with van der Waals surface area (Å²) in [6, 6.07) is 9.31. The molecule has 1 N–H and O–H groups in total. The molecule has 1 aliphatic carbocycles. The second-order valence-corrected chi connectivity index (χ2v) is 6.96. The maximum atomic E-state index is 12.6. The van der Waals surface area contributed by atoms with Crippen LogP contribution in [0.4, 0.5) is 0 Å². The third kappa shape index (κ3) is 5.48. The molecule has 0 bridgehead atoms. The molecule has 1 aromatic heterocycles. The fourth-order valence-corrected chi connectivity index (χ4v) is 3.27. The summed E-state index contributed by atoms with van der Waals surface area (Å²) in [5.41, 5.74) is 0.944. The van der Waals surface area contributed by atoms with E-state index in [1.165, 1.54) is 23.9 Å². The quantitative estimate of drug-likeness (QED) is 0.581. The Morgan fingerprint density at radius 2 is 1.96 bits per heavy atom. The minimum absolute atomic E-state index is 0.147. The van der Waals surface area contributed by atoms with E-state index in [2.05, 4.69) is 20.8 Å². The number of esters is 1. The van der Waals surface area contributed by atoms with Crippen molar-refractivity contribution in [2.24, 2.45) is 5.92 Å². The summed E-state index contributed by atoms with van der Waals surface area (Å²) in [5.74, 6) is 0.00480. The van der Waals surface area contributed by atoms with Crippen molar-refractivity contribution in [3.63, 3.8) is 0 Å². The second-order valence-electron chi connectivity index (χ2n) is 6.96. The van der Waals surface area contributed by atoms with Gasteiger partial charge in [-0.15, -0.1) is 5.10 Å². The summed E-state index contributed by atoms with van der Waals surface area (Å²) in [6.07, 6.45) is 7.62. The Morgan fingerprint density at radius 1 is 1.21 bits per heavy atom. The number of nitrogens with one attached hydrogen (secondary N) is 1. The molecule has 1 amide bonds. The minimum Gasteiger partial charge on any atom is -0.451 e. The first kappa shape index (κ1) is 19.7. The van der Waals surface area contributed by atoms with Crippen molar-refractivity contribution in [3.8, 4) is 0 Å². The number of hydrogen-bond acceptors (Lipinski definition) is 6. The first-order valence-corrected chi connectivity index (χ1v) is 9.59. The molecule has 28 heavy (non-hydrogen) atoms. The SMILES string of the molecule is Cc1nnnn1C(=Cc1ccccc1)C(=O)OCC(=O)NCC1CCCCC1. The molecule has 8 nitrogen and oxygen atoms in total. The predicted molar refractivity (Wildman–Crippen MR) is 104 cm³/mol. The lowest BCUT2D eigenvalue weighted by Gasteiger charge is -2.21. The highest BCUT2D eigenvalue weighted by molar-refractivity contribution is 6.15. The lowest BCUT2D eigenvalue weighted by Crippen LogP contribution is -2.33. The van der Waals surface area contributed by atoms with Crippen LogP contribution < -0.4 is 5.32 Å². The number of aromatic nitrogens is 4. The second kappa shape index (κ2) is 9.77. The number of rotatable bonds is 7. The molecule has 0 atom stereocenters. The van der Waals surface area contributed by atoms with Gasteiger partial charge in [0, 0.05) is 6.54 Å². The van der Waals surface area contributed by atoms with Crippen LogP contribution in [0.5, 0.6) is 0 Å². The Bertz CT molecular complexity index is 825. The van der Waals surface area contributed by atoms with Gasteiger partial charge >= 0.3 is 5.97 Å². The molecule has 0 saturated heterocycles. The molecule has 148 valence electrons. The van der Waals surface area contributed by atoms with Crippen LogP contribution in [0.2, 0.25) is 0 Å². The number of carbonyl (C=O) groups is 2. The van der Waals surface area contributed by atoms with E-state index >= 15 is 0 Å². The molecule has 1 fully saturated rings. The molecular formula is C20H25N5O3. The van der Waals surface area contributed by atoms with E-state index in [-0.39, 0.29) is 18.2 Å². The van der Waals surface area contributed by atoms with Gasteiger partial charge in [0.15, 0.2) is 18.1 Å². The van der Waals surface area contributed by atoms with Gasteiger partial charge < -0.3 is 10.1 Å². The van der Waals surface area contributed by atoms with E-state index < -0.39 is 5.97 Å². The fraction of sp³-hybridized carbons (Fsp3) is 0.450. The summed E-state index contributed by atoms with van der Waals surface area (Å²) in [7, 11) is 0. The highest BCUT2D eigenvalue weighted by Crippen LogP contribution is 2.22. The van der Waals surface area contributed by atoms with Gasteiger partial charge in [0.1, 0.15) is 0 Å². The van der Waals surface area contributed by atoms with Crippen molar-refractivity contribution < 1.29 is 14.3 Å². The van der Waals surface area contributed by atoms with E-state index in [0.29, 0.717) is 18.3 Å². The molecule has 0 radical (unpaired) electrons.